The summed E-state index contributed by atoms with van der Waals surface area (Å²) in [5.74, 6) is -1.24. The van der Waals surface area contributed by atoms with E-state index in [1.54, 1.807) is 20.8 Å². The highest BCUT2D eigenvalue weighted by Gasteiger charge is 2.36. The molecule has 0 aliphatic carbocycles. The molecule has 7 nitrogen and oxygen atoms in total. The lowest BCUT2D eigenvalue weighted by atomic mass is 10.2. The van der Waals surface area contributed by atoms with Crippen LogP contribution >= 0.6 is 0 Å². The first-order valence-corrected chi connectivity index (χ1v) is 7.49. The van der Waals surface area contributed by atoms with Gasteiger partial charge in [-0.15, -0.1) is 0 Å². The van der Waals surface area contributed by atoms with Gasteiger partial charge in [-0.05, 0) is 20.8 Å². The number of amides is 1. The van der Waals surface area contributed by atoms with Crippen molar-refractivity contribution in [2.45, 2.75) is 45.6 Å². The Hall–Kier alpha value is -2.65. The van der Waals surface area contributed by atoms with E-state index in [-0.39, 0.29) is 18.9 Å². The molecule has 0 fully saturated rings. The van der Waals surface area contributed by atoms with E-state index >= 15 is 0 Å². The Kier molecular flexibility index (Phi) is 3.92. The maximum Gasteiger partial charge on any atom is 0.451 e. The van der Waals surface area contributed by atoms with Crippen LogP contribution in [0.5, 0.6) is 0 Å². The average Bonchev–Trinajstić information content (AvgIpc) is 3.04. The lowest BCUT2D eigenvalue weighted by molar-refractivity contribution is -0.145. The van der Waals surface area contributed by atoms with E-state index in [2.05, 4.69) is 15.1 Å². The van der Waals surface area contributed by atoms with Gasteiger partial charge in [0.25, 0.3) is 0 Å². The molecule has 0 spiro atoms. The summed E-state index contributed by atoms with van der Waals surface area (Å²) in [6, 6.07) is 1.33. The Labute approximate surface area is 141 Å². The van der Waals surface area contributed by atoms with Crippen molar-refractivity contribution >= 4 is 6.09 Å². The number of ether oxygens (including phenoxy) is 1. The zero-order valence-corrected chi connectivity index (χ0v) is 13.8. The van der Waals surface area contributed by atoms with Gasteiger partial charge in [0.15, 0.2) is 5.82 Å². The Morgan fingerprint density at radius 3 is 2.60 bits per heavy atom. The zero-order chi connectivity index (χ0) is 18.4. The molecular formula is C15H16F3N5O2. The first-order valence-electron chi connectivity index (χ1n) is 7.49. The van der Waals surface area contributed by atoms with E-state index in [1.807, 2.05) is 0 Å². The predicted molar refractivity (Wildman–Crippen MR) is 79.6 cm³/mol. The highest BCUT2D eigenvalue weighted by molar-refractivity contribution is 5.69. The predicted octanol–water partition coefficient (Wildman–Crippen LogP) is 2.93. The molecular weight excluding hydrogens is 339 g/mol. The highest BCUT2D eigenvalue weighted by atomic mass is 19.4. The molecule has 0 aromatic carbocycles. The fraction of sp³-hybridized carbons (Fsp3) is 0.467. The number of hydrogen-bond donors (Lipinski definition) is 0. The Morgan fingerprint density at radius 1 is 1.24 bits per heavy atom. The molecule has 0 atom stereocenters. The van der Waals surface area contributed by atoms with Crippen LogP contribution in [-0.4, -0.2) is 36.3 Å². The molecule has 3 rings (SSSR count). The molecule has 0 saturated heterocycles. The summed E-state index contributed by atoms with van der Waals surface area (Å²) in [5, 5.41) is 4.08. The molecule has 25 heavy (non-hydrogen) atoms. The standard InChI is InChI=1S/C15H16F3N5O2/c1-14(2,3)25-13(24)22-7-9-6-20-23(10(9)8-22)11-4-5-19-12(21-11)15(16,17)18/h4-6H,7-8H2,1-3H3. The number of carbonyl (C=O) groups excluding carboxylic acids is 1. The van der Waals surface area contributed by atoms with Crippen LogP contribution < -0.4 is 0 Å². The number of fused-ring (bicyclic) bond motifs is 1. The van der Waals surface area contributed by atoms with Crippen molar-refractivity contribution in [1.29, 1.82) is 0 Å². The number of nitrogens with zero attached hydrogens (tertiary/aromatic N) is 5. The molecule has 0 N–H and O–H groups in total. The van der Waals surface area contributed by atoms with Crippen molar-refractivity contribution in [2.24, 2.45) is 0 Å². The second-order valence-electron chi connectivity index (χ2n) is 6.60. The van der Waals surface area contributed by atoms with E-state index in [0.29, 0.717) is 5.69 Å². The first kappa shape index (κ1) is 17.2. The van der Waals surface area contributed by atoms with Crippen molar-refractivity contribution in [3.8, 4) is 5.82 Å². The van der Waals surface area contributed by atoms with Crippen LogP contribution in [0.1, 0.15) is 37.9 Å². The number of rotatable bonds is 1. The topological polar surface area (TPSA) is 73.1 Å². The minimum atomic E-state index is -4.64. The van der Waals surface area contributed by atoms with Crippen LogP contribution in [0.4, 0.5) is 18.0 Å². The second kappa shape index (κ2) is 5.71. The summed E-state index contributed by atoms with van der Waals surface area (Å²) in [6.07, 6.45) is -2.60. The van der Waals surface area contributed by atoms with Crippen LogP contribution in [0.25, 0.3) is 5.82 Å². The minimum absolute atomic E-state index is 0.00499. The van der Waals surface area contributed by atoms with Gasteiger partial charge in [0.2, 0.25) is 5.82 Å². The van der Waals surface area contributed by atoms with Crippen molar-refractivity contribution in [3.05, 3.63) is 35.5 Å². The smallest absolute Gasteiger partial charge is 0.444 e. The van der Waals surface area contributed by atoms with Crippen LogP contribution in [0.15, 0.2) is 18.5 Å². The molecule has 1 amide bonds. The Bertz CT molecular complexity index is 810. The van der Waals surface area contributed by atoms with Gasteiger partial charge >= 0.3 is 12.3 Å². The third-order valence-corrected chi connectivity index (χ3v) is 3.42. The number of carbonyl (C=O) groups is 1. The van der Waals surface area contributed by atoms with Gasteiger partial charge in [-0.2, -0.15) is 18.3 Å². The van der Waals surface area contributed by atoms with Crippen molar-refractivity contribution in [3.63, 3.8) is 0 Å². The molecule has 10 heteroatoms. The number of aromatic nitrogens is 4. The van der Waals surface area contributed by atoms with Crippen LogP contribution in [0.2, 0.25) is 0 Å². The third kappa shape index (κ3) is 3.57. The normalized spacial score (nSPS) is 14.6. The van der Waals surface area contributed by atoms with Gasteiger partial charge in [0.05, 0.1) is 25.0 Å². The average molecular weight is 355 g/mol. The van der Waals surface area contributed by atoms with Gasteiger partial charge in [-0.25, -0.2) is 19.4 Å². The molecule has 0 unspecified atom stereocenters. The third-order valence-electron chi connectivity index (χ3n) is 3.42. The molecule has 0 saturated carbocycles. The lowest BCUT2D eigenvalue weighted by Gasteiger charge is -2.24. The van der Waals surface area contributed by atoms with Crippen LogP contribution in [0.3, 0.4) is 0 Å². The number of hydrogen-bond acceptors (Lipinski definition) is 5. The van der Waals surface area contributed by atoms with Crippen molar-refractivity contribution in [1.82, 2.24) is 24.6 Å². The van der Waals surface area contributed by atoms with Gasteiger partial charge in [0.1, 0.15) is 5.60 Å². The summed E-state index contributed by atoms with van der Waals surface area (Å²) in [6.45, 7) is 5.73. The van der Waals surface area contributed by atoms with Crippen molar-refractivity contribution < 1.29 is 22.7 Å². The fourth-order valence-corrected chi connectivity index (χ4v) is 2.41. The molecule has 0 bridgehead atoms. The lowest BCUT2D eigenvalue weighted by Crippen LogP contribution is -2.33. The summed E-state index contributed by atoms with van der Waals surface area (Å²) < 4.78 is 45.0. The number of halogens is 3. The highest BCUT2D eigenvalue weighted by Crippen LogP contribution is 2.28. The molecule has 1 aliphatic rings. The van der Waals surface area contributed by atoms with E-state index < -0.39 is 23.7 Å². The monoisotopic (exact) mass is 355 g/mol. The SMILES string of the molecule is CC(C)(C)OC(=O)N1Cc2cnn(-c3ccnc(C(F)(F)F)n3)c2C1. The molecule has 134 valence electrons. The fourth-order valence-electron chi connectivity index (χ4n) is 2.41. The van der Waals surface area contributed by atoms with Gasteiger partial charge in [0, 0.05) is 17.8 Å². The molecule has 1 aliphatic heterocycles. The van der Waals surface area contributed by atoms with E-state index in [4.69, 9.17) is 4.74 Å². The largest absolute Gasteiger partial charge is 0.451 e. The van der Waals surface area contributed by atoms with Crippen molar-refractivity contribution in [2.75, 3.05) is 0 Å². The molecule has 2 aromatic rings. The Balaban J connectivity index is 1.85. The van der Waals surface area contributed by atoms with E-state index in [9.17, 15) is 18.0 Å². The Morgan fingerprint density at radius 2 is 1.96 bits per heavy atom. The van der Waals surface area contributed by atoms with Gasteiger partial charge in [-0.1, -0.05) is 0 Å². The first-order chi connectivity index (χ1) is 11.5. The summed E-state index contributed by atoms with van der Waals surface area (Å²) in [4.78, 5) is 20.4. The van der Waals surface area contributed by atoms with Gasteiger partial charge in [-0.3, -0.25) is 4.90 Å². The zero-order valence-electron chi connectivity index (χ0n) is 13.8. The van der Waals surface area contributed by atoms with E-state index in [1.165, 1.54) is 21.8 Å². The summed E-state index contributed by atoms with van der Waals surface area (Å²) >= 11 is 0. The molecule has 0 radical (unpaired) electrons. The van der Waals surface area contributed by atoms with Gasteiger partial charge < -0.3 is 4.74 Å². The minimum Gasteiger partial charge on any atom is -0.444 e. The maximum atomic E-state index is 12.8. The van der Waals surface area contributed by atoms with E-state index in [0.717, 1.165) is 11.8 Å². The number of alkyl halides is 3. The molecule has 2 aromatic heterocycles. The van der Waals surface area contributed by atoms with Crippen LogP contribution in [-0.2, 0) is 24.0 Å². The maximum absolute atomic E-state index is 12.8. The molecule has 3 heterocycles. The summed E-state index contributed by atoms with van der Waals surface area (Å²) in [5.41, 5.74) is 0.697. The summed E-state index contributed by atoms with van der Waals surface area (Å²) in [7, 11) is 0. The van der Waals surface area contributed by atoms with Crippen LogP contribution in [0, 0.1) is 0 Å². The quantitative estimate of drug-likeness (QED) is 0.786. The second-order valence-corrected chi connectivity index (χ2v) is 6.60.